The first-order valence-electron chi connectivity index (χ1n) is 9.54. The van der Waals surface area contributed by atoms with Gasteiger partial charge in [0, 0.05) is 29.7 Å². The van der Waals surface area contributed by atoms with E-state index in [4.69, 9.17) is 44.3 Å². The molecule has 0 unspecified atom stereocenters. The third kappa shape index (κ3) is 5.31. The minimum Gasteiger partial charge on any atom is -0.493 e. The fourth-order valence-electron chi connectivity index (χ4n) is 3.08. The smallest absolute Gasteiger partial charge is 0.250 e. The summed E-state index contributed by atoms with van der Waals surface area (Å²) in [5.74, 6) is 1.69. The summed E-state index contributed by atoms with van der Waals surface area (Å²) in [5, 5.41) is 4.57. The molecule has 30 heavy (non-hydrogen) atoms. The second kappa shape index (κ2) is 10.8. The molecule has 0 atom stereocenters. The fourth-order valence-corrected chi connectivity index (χ4v) is 3.73. The van der Waals surface area contributed by atoms with Gasteiger partial charge in [-0.1, -0.05) is 36.0 Å². The average molecular weight is 471 g/mol. The van der Waals surface area contributed by atoms with Crippen molar-refractivity contribution in [3.8, 4) is 11.5 Å². The molecule has 0 saturated carbocycles. The first-order valence-corrected chi connectivity index (χ1v) is 10.8. The number of aromatic amines is 1. The number of aromatic nitrogens is 2. The summed E-state index contributed by atoms with van der Waals surface area (Å²) in [6, 6.07) is 5.07. The predicted octanol–water partition coefficient (Wildman–Crippen LogP) is 6.16. The normalized spacial score (nSPS) is 10.9. The quantitative estimate of drug-likeness (QED) is 0.274. The molecule has 3 aromatic rings. The number of unbranched alkanes of at least 4 members (excludes halogenated alkanes) is 3. The van der Waals surface area contributed by atoms with E-state index in [9.17, 15) is 4.79 Å². The highest BCUT2D eigenvalue weighted by atomic mass is 35.5. The summed E-state index contributed by atoms with van der Waals surface area (Å²) in [6.45, 7) is 0.499. The van der Waals surface area contributed by atoms with Gasteiger partial charge in [-0.05, 0) is 25.0 Å². The molecule has 0 radical (unpaired) electrons. The van der Waals surface area contributed by atoms with Gasteiger partial charge in [-0.15, -0.1) is 11.6 Å². The zero-order valence-corrected chi connectivity index (χ0v) is 18.7. The third-order valence-electron chi connectivity index (χ3n) is 4.54. The number of alkyl halides is 1. The Morgan fingerprint density at radius 1 is 1.10 bits per heavy atom. The van der Waals surface area contributed by atoms with Crippen molar-refractivity contribution in [2.24, 2.45) is 0 Å². The number of pyridine rings is 2. The lowest BCUT2D eigenvalue weighted by atomic mass is 10.1. The molecule has 0 spiro atoms. The van der Waals surface area contributed by atoms with Crippen LogP contribution in [0.1, 0.15) is 25.7 Å². The highest BCUT2D eigenvalue weighted by Gasteiger charge is 2.16. The van der Waals surface area contributed by atoms with Gasteiger partial charge in [-0.25, -0.2) is 0 Å². The van der Waals surface area contributed by atoms with Crippen molar-refractivity contribution in [1.29, 1.82) is 0 Å². The van der Waals surface area contributed by atoms with Crippen molar-refractivity contribution < 1.29 is 9.47 Å². The number of benzene rings is 1. The maximum absolute atomic E-state index is 12.4. The van der Waals surface area contributed by atoms with Gasteiger partial charge in [0.15, 0.2) is 11.5 Å². The van der Waals surface area contributed by atoms with Crippen LogP contribution in [0.15, 0.2) is 35.4 Å². The number of ether oxygens (including phenoxy) is 2. The van der Waals surface area contributed by atoms with Gasteiger partial charge in [0.2, 0.25) is 0 Å². The summed E-state index contributed by atoms with van der Waals surface area (Å²) in [7, 11) is 1.56. The third-order valence-corrected chi connectivity index (χ3v) is 5.38. The summed E-state index contributed by atoms with van der Waals surface area (Å²) < 4.78 is 11.5. The Hall–Kier alpha value is -2.15. The Balaban J connectivity index is 1.96. The molecule has 1 aromatic carbocycles. The number of rotatable bonds is 10. The molecule has 0 aliphatic carbocycles. The maximum Gasteiger partial charge on any atom is 0.250 e. The molecule has 0 saturated heterocycles. The Labute approximate surface area is 189 Å². The van der Waals surface area contributed by atoms with Crippen LogP contribution in [0, 0.1) is 0 Å². The molecule has 6 nitrogen and oxygen atoms in total. The van der Waals surface area contributed by atoms with E-state index in [0.717, 1.165) is 31.1 Å². The number of halogens is 3. The van der Waals surface area contributed by atoms with Crippen molar-refractivity contribution >= 4 is 57.1 Å². The van der Waals surface area contributed by atoms with E-state index < -0.39 is 0 Å². The first kappa shape index (κ1) is 22.5. The molecule has 0 amide bonds. The number of anilines is 2. The molecule has 2 N–H and O–H groups in total. The summed E-state index contributed by atoms with van der Waals surface area (Å²) in [6.07, 6.45) is 6.89. The summed E-state index contributed by atoms with van der Waals surface area (Å²) in [5.41, 5.74) is 1.24. The first-order chi connectivity index (χ1) is 14.5. The molecule has 0 aliphatic rings. The number of fused-ring (bicyclic) bond motifs is 1. The van der Waals surface area contributed by atoms with Crippen LogP contribution in [0.3, 0.4) is 0 Å². The molecule has 2 heterocycles. The topological polar surface area (TPSA) is 76.2 Å². The molecule has 2 aromatic heterocycles. The highest BCUT2D eigenvalue weighted by molar-refractivity contribution is 6.39. The Bertz CT molecular complexity index is 1050. The lowest BCUT2D eigenvalue weighted by Crippen LogP contribution is -2.09. The number of nitrogens with zero attached hydrogens (tertiary/aromatic N) is 1. The molecule has 0 aliphatic heterocycles. The van der Waals surface area contributed by atoms with Crippen LogP contribution in [0.5, 0.6) is 11.5 Å². The van der Waals surface area contributed by atoms with Crippen molar-refractivity contribution in [1.82, 2.24) is 9.97 Å². The van der Waals surface area contributed by atoms with Gasteiger partial charge >= 0.3 is 0 Å². The zero-order chi connectivity index (χ0) is 21.5. The Morgan fingerprint density at radius 2 is 1.83 bits per heavy atom. The van der Waals surface area contributed by atoms with Gasteiger partial charge in [-0.2, -0.15) is 0 Å². The molecular weight excluding hydrogens is 449 g/mol. The number of H-pyrrole nitrogens is 1. The molecular formula is C21H22Cl3N3O3. The highest BCUT2D eigenvalue weighted by Crippen LogP contribution is 2.39. The minimum atomic E-state index is -0.300. The van der Waals surface area contributed by atoms with E-state index >= 15 is 0 Å². The van der Waals surface area contributed by atoms with Gasteiger partial charge in [0.05, 0.1) is 40.7 Å². The summed E-state index contributed by atoms with van der Waals surface area (Å²) in [4.78, 5) is 19.2. The number of methoxy groups -OCH3 is 1. The second-order valence-electron chi connectivity index (χ2n) is 6.62. The van der Waals surface area contributed by atoms with Crippen molar-refractivity contribution in [3.05, 3.63) is 51.0 Å². The molecule has 3 rings (SSSR count). The number of hydrogen-bond donors (Lipinski definition) is 2. The van der Waals surface area contributed by atoms with Gasteiger partial charge < -0.3 is 19.8 Å². The zero-order valence-electron chi connectivity index (χ0n) is 16.4. The number of hydrogen-bond acceptors (Lipinski definition) is 5. The second-order valence-corrected chi connectivity index (χ2v) is 7.81. The van der Waals surface area contributed by atoms with E-state index in [-0.39, 0.29) is 5.56 Å². The van der Waals surface area contributed by atoms with Crippen LogP contribution in [0.4, 0.5) is 11.4 Å². The van der Waals surface area contributed by atoms with Crippen LogP contribution >= 0.6 is 34.8 Å². The lowest BCUT2D eigenvalue weighted by Gasteiger charge is -2.16. The monoisotopic (exact) mass is 469 g/mol. The standard InChI is InChI=1S/C21H22Cl3N3O3/c1-29-17-7-6-13-16(26-20-14(23)11-25-12-15(20)24)10-18(28)27-19(13)21(17)30-9-5-3-2-4-8-22/h6-7,10-12H,2-5,8-9H2,1H3,(H2,25,26,27,28). The van der Waals surface area contributed by atoms with E-state index in [0.29, 0.717) is 50.9 Å². The molecule has 0 bridgehead atoms. The maximum atomic E-state index is 12.4. The van der Waals surface area contributed by atoms with Crippen LogP contribution in [-0.4, -0.2) is 29.6 Å². The van der Waals surface area contributed by atoms with E-state index in [1.807, 2.05) is 6.07 Å². The SMILES string of the molecule is COc1ccc2c(Nc3c(Cl)cncc3Cl)cc(=O)[nH]c2c1OCCCCCCCl. The Morgan fingerprint density at radius 3 is 2.53 bits per heavy atom. The molecule has 9 heteroatoms. The van der Waals surface area contributed by atoms with Crippen LogP contribution in [0.25, 0.3) is 10.9 Å². The fraction of sp³-hybridized carbons (Fsp3) is 0.333. The predicted molar refractivity (Wildman–Crippen MR) is 123 cm³/mol. The van der Waals surface area contributed by atoms with Crippen LogP contribution in [-0.2, 0) is 0 Å². The van der Waals surface area contributed by atoms with Gasteiger partial charge in [-0.3, -0.25) is 9.78 Å². The van der Waals surface area contributed by atoms with E-state index in [1.165, 1.54) is 18.5 Å². The largest absolute Gasteiger partial charge is 0.493 e. The summed E-state index contributed by atoms with van der Waals surface area (Å²) >= 11 is 18.2. The molecule has 160 valence electrons. The molecule has 0 fully saturated rings. The lowest BCUT2D eigenvalue weighted by molar-refractivity contribution is 0.288. The average Bonchev–Trinajstić information content (AvgIpc) is 2.73. The van der Waals surface area contributed by atoms with Gasteiger partial charge in [0.1, 0.15) is 0 Å². The van der Waals surface area contributed by atoms with Crippen LogP contribution < -0.4 is 20.3 Å². The van der Waals surface area contributed by atoms with Crippen molar-refractivity contribution in [2.45, 2.75) is 25.7 Å². The minimum absolute atomic E-state index is 0.300. The van der Waals surface area contributed by atoms with Crippen molar-refractivity contribution in [2.75, 3.05) is 24.9 Å². The number of nitrogens with one attached hydrogen (secondary N) is 2. The van der Waals surface area contributed by atoms with E-state index in [1.54, 1.807) is 13.2 Å². The van der Waals surface area contributed by atoms with Gasteiger partial charge in [0.25, 0.3) is 5.56 Å². The van der Waals surface area contributed by atoms with E-state index in [2.05, 4.69) is 15.3 Å². The van der Waals surface area contributed by atoms with Crippen LogP contribution in [0.2, 0.25) is 10.0 Å². The van der Waals surface area contributed by atoms with Crippen molar-refractivity contribution in [3.63, 3.8) is 0 Å². The Kier molecular flexibility index (Phi) is 8.08.